The largest absolute Gasteiger partial charge is 0.457 e. The summed E-state index contributed by atoms with van der Waals surface area (Å²) in [5.41, 5.74) is 6.30. The van der Waals surface area contributed by atoms with Gasteiger partial charge >= 0.3 is 5.97 Å². The molecule has 0 saturated carbocycles. The van der Waals surface area contributed by atoms with Gasteiger partial charge in [-0.25, -0.2) is 14.2 Å². The van der Waals surface area contributed by atoms with Crippen molar-refractivity contribution in [2.45, 2.75) is 6.61 Å². The van der Waals surface area contributed by atoms with E-state index in [0.29, 0.717) is 5.56 Å². The van der Waals surface area contributed by atoms with Crippen LogP contribution in [0.2, 0.25) is 0 Å². The first kappa shape index (κ1) is 13.5. The zero-order chi connectivity index (χ0) is 14.5. The molecule has 1 aromatic carbocycles. The highest BCUT2D eigenvalue weighted by atomic mass is 19.1. The topological polar surface area (TPSA) is 89.0 Å². The van der Waals surface area contributed by atoms with Gasteiger partial charge in [-0.3, -0.25) is 0 Å². The number of esters is 1. The van der Waals surface area contributed by atoms with Gasteiger partial charge in [0.25, 0.3) is 0 Å². The van der Waals surface area contributed by atoms with Crippen molar-refractivity contribution >= 4 is 11.7 Å². The van der Waals surface area contributed by atoms with Crippen LogP contribution in [0, 0.1) is 17.1 Å². The number of nitrogen functional groups attached to an aromatic ring is 1. The molecule has 5 nitrogen and oxygen atoms in total. The van der Waals surface area contributed by atoms with Crippen LogP contribution in [-0.2, 0) is 11.3 Å². The normalized spacial score (nSPS) is 9.80. The molecule has 6 heteroatoms. The van der Waals surface area contributed by atoms with E-state index in [2.05, 4.69) is 4.98 Å². The van der Waals surface area contributed by atoms with Crippen molar-refractivity contribution in [2.24, 2.45) is 0 Å². The smallest absolute Gasteiger partial charge is 0.340 e. The van der Waals surface area contributed by atoms with E-state index in [9.17, 15) is 9.18 Å². The maximum Gasteiger partial charge on any atom is 0.340 e. The van der Waals surface area contributed by atoms with E-state index in [1.54, 1.807) is 12.1 Å². The van der Waals surface area contributed by atoms with E-state index < -0.39 is 11.8 Å². The second-order valence-electron chi connectivity index (χ2n) is 3.93. The number of rotatable bonds is 3. The zero-order valence-corrected chi connectivity index (χ0v) is 10.3. The first-order valence-corrected chi connectivity index (χ1v) is 5.68. The quantitative estimate of drug-likeness (QED) is 0.681. The van der Waals surface area contributed by atoms with Crippen molar-refractivity contribution in [1.29, 1.82) is 5.26 Å². The molecule has 100 valence electrons. The fraction of sp³-hybridized carbons (Fsp3) is 0.0714. The minimum absolute atomic E-state index is 0.00157. The molecule has 0 saturated heterocycles. The van der Waals surface area contributed by atoms with Crippen molar-refractivity contribution in [3.8, 4) is 6.07 Å². The van der Waals surface area contributed by atoms with Gasteiger partial charge in [-0.05, 0) is 24.3 Å². The maximum atomic E-state index is 12.9. The molecule has 0 aliphatic rings. The number of benzene rings is 1. The first-order chi connectivity index (χ1) is 9.61. The number of carbonyl (C=O) groups excluding carboxylic acids is 1. The third kappa shape index (κ3) is 2.90. The molecular weight excluding hydrogens is 261 g/mol. The summed E-state index contributed by atoms with van der Waals surface area (Å²) in [5.74, 6) is -1.21. The molecule has 2 rings (SSSR count). The van der Waals surface area contributed by atoms with Crippen molar-refractivity contribution in [3.63, 3.8) is 0 Å². The monoisotopic (exact) mass is 271 g/mol. The Morgan fingerprint density at radius 2 is 2.25 bits per heavy atom. The van der Waals surface area contributed by atoms with E-state index in [1.807, 2.05) is 6.07 Å². The van der Waals surface area contributed by atoms with Crippen LogP contribution in [0.4, 0.5) is 10.1 Å². The van der Waals surface area contributed by atoms with E-state index in [1.165, 1.54) is 12.3 Å². The molecule has 1 aromatic heterocycles. The second kappa shape index (κ2) is 5.80. The molecule has 2 aromatic rings. The third-order valence-electron chi connectivity index (χ3n) is 2.59. The fourth-order valence-electron chi connectivity index (χ4n) is 1.60. The number of ether oxygens (including phenoxy) is 1. The fourth-order valence-corrected chi connectivity index (χ4v) is 1.60. The van der Waals surface area contributed by atoms with Crippen molar-refractivity contribution in [1.82, 2.24) is 4.98 Å². The second-order valence-corrected chi connectivity index (χ2v) is 3.93. The summed E-state index contributed by atoms with van der Waals surface area (Å²) in [4.78, 5) is 15.7. The number of anilines is 1. The van der Waals surface area contributed by atoms with Gasteiger partial charge in [0.1, 0.15) is 24.2 Å². The zero-order valence-electron chi connectivity index (χ0n) is 10.3. The number of nitriles is 1. The number of pyridine rings is 1. The summed E-state index contributed by atoms with van der Waals surface area (Å²) >= 11 is 0. The molecule has 0 fully saturated rings. The Hall–Kier alpha value is -2.94. The Labute approximate surface area is 114 Å². The van der Waals surface area contributed by atoms with Gasteiger partial charge in [0.2, 0.25) is 0 Å². The SMILES string of the molecule is N#Cc1ncccc1COC(=O)c1ccc(F)cc1N. The minimum Gasteiger partial charge on any atom is -0.457 e. The average Bonchev–Trinajstić information content (AvgIpc) is 2.45. The molecule has 0 aliphatic carbocycles. The number of carbonyl (C=O) groups is 1. The number of hydrogen-bond donors (Lipinski definition) is 1. The van der Waals surface area contributed by atoms with E-state index in [-0.39, 0.29) is 23.6 Å². The Morgan fingerprint density at radius 1 is 1.45 bits per heavy atom. The summed E-state index contributed by atoms with van der Waals surface area (Å²) in [5, 5.41) is 8.86. The minimum atomic E-state index is -0.685. The van der Waals surface area contributed by atoms with Crippen LogP contribution < -0.4 is 5.73 Å². The molecule has 0 bridgehead atoms. The van der Waals surface area contributed by atoms with E-state index in [0.717, 1.165) is 12.1 Å². The third-order valence-corrected chi connectivity index (χ3v) is 2.59. The molecule has 0 amide bonds. The lowest BCUT2D eigenvalue weighted by molar-refractivity contribution is 0.0473. The van der Waals surface area contributed by atoms with Gasteiger partial charge in [0.15, 0.2) is 0 Å². The summed E-state index contributed by atoms with van der Waals surface area (Å²) in [7, 11) is 0. The molecule has 0 unspecified atom stereocenters. The standard InChI is InChI=1S/C14H10FN3O2/c15-10-3-4-11(12(17)6-10)14(19)20-8-9-2-1-5-18-13(9)7-16/h1-6H,8,17H2. The average molecular weight is 271 g/mol. The summed E-state index contributed by atoms with van der Waals surface area (Å²) in [6, 6.07) is 8.59. The van der Waals surface area contributed by atoms with Crippen LogP contribution in [0.3, 0.4) is 0 Å². The molecule has 20 heavy (non-hydrogen) atoms. The lowest BCUT2D eigenvalue weighted by atomic mass is 10.2. The van der Waals surface area contributed by atoms with Crippen LogP contribution >= 0.6 is 0 Å². The van der Waals surface area contributed by atoms with Gasteiger partial charge in [0, 0.05) is 17.4 Å². The van der Waals surface area contributed by atoms with Gasteiger partial charge in [0.05, 0.1) is 5.56 Å². The van der Waals surface area contributed by atoms with Crippen LogP contribution in [0.25, 0.3) is 0 Å². The Balaban J connectivity index is 2.11. The van der Waals surface area contributed by atoms with E-state index in [4.69, 9.17) is 15.7 Å². The van der Waals surface area contributed by atoms with Gasteiger partial charge in [-0.1, -0.05) is 6.07 Å². The molecule has 1 heterocycles. The summed E-state index contributed by atoms with van der Waals surface area (Å²) in [6.07, 6.45) is 1.47. The molecule has 0 radical (unpaired) electrons. The highest BCUT2D eigenvalue weighted by molar-refractivity contribution is 5.95. The summed E-state index contributed by atoms with van der Waals surface area (Å²) in [6.45, 7) is -0.105. The van der Waals surface area contributed by atoms with Crippen molar-refractivity contribution in [2.75, 3.05) is 5.73 Å². The maximum absolute atomic E-state index is 12.9. The first-order valence-electron chi connectivity index (χ1n) is 5.68. The number of hydrogen-bond acceptors (Lipinski definition) is 5. The van der Waals surface area contributed by atoms with Crippen LogP contribution in [0.5, 0.6) is 0 Å². The van der Waals surface area contributed by atoms with Crippen molar-refractivity contribution in [3.05, 3.63) is 59.2 Å². The highest BCUT2D eigenvalue weighted by Crippen LogP contribution is 2.16. The molecular formula is C14H10FN3O2. The number of nitrogens with zero attached hydrogens (tertiary/aromatic N) is 2. The van der Waals surface area contributed by atoms with Crippen LogP contribution in [0.15, 0.2) is 36.5 Å². The number of aromatic nitrogens is 1. The molecule has 0 atom stereocenters. The molecule has 0 spiro atoms. The van der Waals surface area contributed by atoms with Crippen LogP contribution in [-0.4, -0.2) is 11.0 Å². The van der Waals surface area contributed by atoms with Gasteiger partial charge < -0.3 is 10.5 Å². The Bertz CT molecular complexity index is 695. The van der Waals surface area contributed by atoms with Gasteiger partial charge in [-0.2, -0.15) is 5.26 Å². The van der Waals surface area contributed by atoms with E-state index >= 15 is 0 Å². The number of halogens is 1. The predicted octanol–water partition coefficient (Wildman–Crippen LogP) is 2.03. The summed E-state index contributed by atoms with van der Waals surface area (Å²) < 4.78 is 17.9. The Morgan fingerprint density at radius 3 is 2.95 bits per heavy atom. The highest BCUT2D eigenvalue weighted by Gasteiger charge is 2.13. The molecule has 0 aliphatic heterocycles. The number of nitrogens with two attached hydrogens (primary N) is 1. The van der Waals surface area contributed by atoms with Crippen molar-refractivity contribution < 1.29 is 13.9 Å². The van der Waals surface area contributed by atoms with Crippen LogP contribution in [0.1, 0.15) is 21.6 Å². The lowest BCUT2D eigenvalue weighted by Gasteiger charge is -2.07. The lowest BCUT2D eigenvalue weighted by Crippen LogP contribution is -2.09. The molecule has 2 N–H and O–H groups in total. The predicted molar refractivity (Wildman–Crippen MR) is 68.9 cm³/mol. The van der Waals surface area contributed by atoms with Gasteiger partial charge in [-0.15, -0.1) is 0 Å². The Kier molecular flexibility index (Phi) is 3.91.